The number of hydrogen-bond acceptors (Lipinski definition) is 3. The van der Waals surface area contributed by atoms with Gasteiger partial charge in [-0.15, -0.1) is 0 Å². The van der Waals surface area contributed by atoms with Gasteiger partial charge in [0.2, 0.25) is 5.91 Å². The Morgan fingerprint density at radius 3 is 2.87 bits per heavy atom. The minimum atomic E-state index is -0.148. The maximum Gasteiger partial charge on any atom is 0.226 e. The molecule has 4 rings (SSSR count). The first-order chi connectivity index (χ1) is 11.2. The van der Waals surface area contributed by atoms with E-state index in [4.69, 9.17) is 11.6 Å². The zero-order valence-corrected chi connectivity index (χ0v) is 12.9. The van der Waals surface area contributed by atoms with Gasteiger partial charge in [-0.2, -0.15) is 0 Å². The Balaban J connectivity index is 1.85. The van der Waals surface area contributed by atoms with Gasteiger partial charge >= 0.3 is 0 Å². The van der Waals surface area contributed by atoms with Crippen LogP contribution >= 0.6 is 11.6 Å². The van der Waals surface area contributed by atoms with Gasteiger partial charge in [0, 0.05) is 23.6 Å². The molecule has 1 N–H and O–H groups in total. The highest BCUT2D eigenvalue weighted by Crippen LogP contribution is 2.39. The minimum Gasteiger partial charge on any atom is -0.310 e. The number of anilines is 1. The summed E-state index contributed by atoms with van der Waals surface area (Å²) in [4.78, 5) is 20.8. The highest BCUT2D eigenvalue weighted by Gasteiger charge is 2.31. The number of benzene rings is 1. The summed E-state index contributed by atoms with van der Waals surface area (Å²) in [6.45, 7) is 0. The fourth-order valence-corrected chi connectivity index (χ4v) is 3.18. The molecule has 0 fully saturated rings. The quantitative estimate of drug-likeness (QED) is 0.786. The van der Waals surface area contributed by atoms with Gasteiger partial charge in [-0.3, -0.25) is 14.3 Å². The Kier molecular flexibility index (Phi) is 3.35. The maximum absolute atomic E-state index is 12.2. The lowest BCUT2D eigenvalue weighted by molar-refractivity contribution is -0.116. The number of carbonyl (C=O) groups is 1. The van der Waals surface area contributed by atoms with E-state index in [0.717, 1.165) is 16.9 Å². The van der Waals surface area contributed by atoms with Crippen molar-refractivity contribution >= 4 is 23.3 Å². The summed E-state index contributed by atoms with van der Waals surface area (Å²) in [6, 6.07) is 11.3. The number of amides is 1. The zero-order chi connectivity index (χ0) is 15.8. The Morgan fingerprint density at radius 1 is 1.22 bits per heavy atom. The van der Waals surface area contributed by atoms with Crippen molar-refractivity contribution in [1.82, 2.24) is 14.5 Å². The summed E-state index contributed by atoms with van der Waals surface area (Å²) in [5.41, 5.74) is 2.59. The Hall–Kier alpha value is -2.66. The second kappa shape index (κ2) is 5.52. The predicted molar refractivity (Wildman–Crippen MR) is 87.9 cm³/mol. The molecule has 3 heterocycles. The monoisotopic (exact) mass is 324 g/mol. The Labute approximate surface area is 138 Å². The summed E-state index contributed by atoms with van der Waals surface area (Å²) in [5.74, 6) is 0.484. The average Bonchev–Trinajstić information content (AvgIpc) is 2.99. The summed E-state index contributed by atoms with van der Waals surface area (Å²) in [6.07, 6.45) is 5.48. The number of carbonyl (C=O) groups excluding carboxylic acids is 1. The van der Waals surface area contributed by atoms with Crippen LogP contribution in [0.15, 0.2) is 55.1 Å². The normalized spacial score (nSPS) is 16.7. The van der Waals surface area contributed by atoms with Crippen LogP contribution in [0.3, 0.4) is 0 Å². The second-order valence-corrected chi connectivity index (χ2v) is 5.79. The van der Waals surface area contributed by atoms with Crippen LogP contribution in [0, 0.1) is 0 Å². The number of aromatic nitrogens is 3. The molecule has 5 nitrogen and oxygen atoms in total. The number of halogens is 1. The number of pyridine rings is 1. The van der Waals surface area contributed by atoms with E-state index < -0.39 is 0 Å². The molecule has 0 spiro atoms. The molecular formula is C17H13ClN4O. The first-order valence-corrected chi connectivity index (χ1v) is 7.64. The molecule has 2 aromatic heterocycles. The molecule has 0 unspecified atom stereocenters. The first-order valence-electron chi connectivity index (χ1n) is 7.26. The van der Waals surface area contributed by atoms with E-state index in [0.29, 0.717) is 17.3 Å². The number of fused-ring (bicyclic) bond motifs is 1. The smallest absolute Gasteiger partial charge is 0.226 e. The van der Waals surface area contributed by atoms with E-state index in [1.165, 1.54) is 0 Å². The van der Waals surface area contributed by atoms with Gasteiger partial charge in [-0.1, -0.05) is 29.8 Å². The van der Waals surface area contributed by atoms with Gasteiger partial charge in [0.15, 0.2) is 0 Å². The molecule has 0 saturated carbocycles. The molecule has 114 valence electrons. The fourth-order valence-electron chi connectivity index (χ4n) is 2.91. The third kappa shape index (κ3) is 2.39. The van der Waals surface area contributed by atoms with Crippen molar-refractivity contribution in [3.63, 3.8) is 0 Å². The highest BCUT2D eigenvalue weighted by atomic mass is 35.5. The number of imidazole rings is 1. The number of hydrogen-bond donors (Lipinski definition) is 1. The van der Waals surface area contributed by atoms with Crippen molar-refractivity contribution in [2.45, 2.75) is 12.3 Å². The van der Waals surface area contributed by atoms with Gasteiger partial charge in [0.05, 0.1) is 17.6 Å². The number of nitrogens with zero attached hydrogens (tertiary/aromatic N) is 3. The molecule has 1 aliphatic heterocycles. The van der Waals surface area contributed by atoms with Gasteiger partial charge in [-0.25, -0.2) is 4.98 Å². The average molecular weight is 325 g/mol. The number of rotatable bonds is 2. The zero-order valence-electron chi connectivity index (χ0n) is 12.1. The molecule has 23 heavy (non-hydrogen) atoms. The molecule has 1 aliphatic rings. The fraction of sp³-hybridized carbons (Fsp3) is 0.118. The Bertz CT molecular complexity index is 875. The van der Waals surface area contributed by atoms with Crippen molar-refractivity contribution in [1.29, 1.82) is 0 Å². The van der Waals surface area contributed by atoms with E-state index in [1.807, 2.05) is 41.0 Å². The lowest BCUT2D eigenvalue weighted by Gasteiger charge is -2.24. The lowest BCUT2D eigenvalue weighted by Crippen LogP contribution is -2.25. The molecule has 0 saturated heterocycles. The predicted octanol–water partition coefficient (Wildman–Crippen LogP) is 3.39. The van der Waals surface area contributed by atoms with E-state index in [-0.39, 0.29) is 11.8 Å². The summed E-state index contributed by atoms with van der Waals surface area (Å²) < 4.78 is 1.84. The van der Waals surface area contributed by atoms with Gasteiger partial charge in [-0.05, 0) is 23.8 Å². The van der Waals surface area contributed by atoms with Gasteiger partial charge < -0.3 is 5.32 Å². The molecule has 1 atom stereocenters. The molecule has 3 aromatic rings. The van der Waals surface area contributed by atoms with Crippen LogP contribution in [0.2, 0.25) is 5.02 Å². The van der Waals surface area contributed by atoms with Crippen molar-refractivity contribution in [3.05, 3.63) is 71.4 Å². The number of nitrogens with one attached hydrogen (secondary N) is 1. The van der Waals surface area contributed by atoms with Crippen molar-refractivity contribution in [3.8, 4) is 5.69 Å². The van der Waals surface area contributed by atoms with Gasteiger partial charge in [0.1, 0.15) is 12.1 Å². The van der Waals surface area contributed by atoms with Gasteiger partial charge in [0.25, 0.3) is 0 Å². The minimum absolute atomic E-state index is 0.0481. The molecular weight excluding hydrogens is 312 g/mol. The van der Waals surface area contributed by atoms with Crippen molar-refractivity contribution in [2.75, 3.05) is 5.32 Å². The molecule has 6 heteroatoms. The van der Waals surface area contributed by atoms with E-state index in [9.17, 15) is 4.79 Å². The summed E-state index contributed by atoms with van der Waals surface area (Å²) in [5, 5.41) is 3.56. The van der Waals surface area contributed by atoms with Crippen LogP contribution in [0.1, 0.15) is 23.6 Å². The topological polar surface area (TPSA) is 59.8 Å². The van der Waals surface area contributed by atoms with Crippen LogP contribution in [0.4, 0.5) is 5.82 Å². The SMILES string of the molecule is O=C1C[C@H](c2ccccc2Cl)c2ncn(-c3cccnc3)c2N1. The summed E-state index contributed by atoms with van der Waals surface area (Å²) in [7, 11) is 0. The molecule has 1 aromatic carbocycles. The molecule has 0 bridgehead atoms. The van der Waals surface area contributed by atoms with Crippen LogP contribution < -0.4 is 5.32 Å². The second-order valence-electron chi connectivity index (χ2n) is 5.39. The third-order valence-electron chi connectivity index (χ3n) is 3.98. The van der Waals surface area contributed by atoms with E-state index >= 15 is 0 Å². The largest absolute Gasteiger partial charge is 0.310 e. The molecule has 1 amide bonds. The molecule has 0 radical (unpaired) electrons. The van der Waals surface area contributed by atoms with E-state index in [1.54, 1.807) is 18.7 Å². The highest BCUT2D eigenvalue weighted by molar-refractivity contribution is 6.31. The third-order valence-corrected chi connectivity index (χ3v) is 4.32. The maximum atomic E-state index is 12.2. The van der Waals surface area contributed by atoms with Crippen LogP contribution in [-0.4, -0.2) is 20.4 Å². The Morgan fingerprint density at radius 2 is 2.09 bits per heavy atom. The van der Waals surface area contributed by atoms with Crippen molar-refractivity contribution < 1.29 is 4.79 Å². The first kappa shape index (κ1) is 14.0. The lowest BCUT2D eigenvalue weighted by atomic mass is 9.90. The van der Waals surface area contributed by atoms with E-state index in [2.05, 4.69) is 15.3 Å². The van der Waals surface area contributed by atoms with Crippen LogP contribution in [0.25, 0.3) is 5.69 Å². The molecule has 0 aliphatic carbocycles. The van der Waals surface area contributed by atoms with Crippen LogP contribution in [-0.2, 0) is 4.79 Å². The summed E-state index contributed by atoms with van der Waals surface area (Å²) >= 11 is 6.32. The van der Waals surface area contributed by atoms with Crippen LogP contribution in [0.5, 0.6) is 0 Å². The van der Waals surface area contributed by atoms with Crippen molar-refractivity contribution in [2.24, 2.45) is 0 Å². The standard InChI is InChI=1S/C17H13ClN4O/c18-14-6-2-1-5-12(14)13-8-15(23)21-17-16(13)20-10-22(17)11-4-3-7-19-9-11/h1-7,9-10,13H,8H2,(H,21,23)/t13-/m1/s1.